The Morgan fingerprint density at radius 1 is 1.38 bits per heavy atom. The highest BCUT2D eigenvalue weighted by atomic mass is 32.1. The molecule has 180 valence electrons. The summed E-state index contributed by atoms with van der Waals surface area (Å²) in [6, 6.07) is 1.80. The number of nitrogens with one attached hydrogen (secondary N) is 2. The van der Waals surface area contributed by atoms with Crippen molar-refractivity contribution in [1.82, 2.24) is 9.78 Å². The number of furan rings is 1. The maximum Gasteiger partial charge on any atom is 0.410 e. The lowest BCUT2D eigenvalue weighted by molar-refractivity contribution is -0.174. The van der Waals surface area contributed by atoms with Gasteiger partial charge in [-0.1, -0.05) is 6.92 Å². The van der Waals surface area contributed by atoms with E-state index < -0.39 is 30.1 Å². The number of carbonyl (C=O) groups excluding carboxylic acids is 2. The molecule has 0 spiro atoms. The molecular weight excluding hydrogens is 471 g/mol. The molecule has 1 aliphatic carbocycles. The van der Waals surface area contributed by atoms with Crippen LogP contribution in [0.25, 0.3) is 0 Å². The Morgan fingerprint density at radius 2 is 2.18 bits per heavy atom. The fourth-order valence-corrected chi connectivity index (χ4v) is 6.04. The number of carbonyl (C=O) groups is 2. The summed E-state index contributed by atoms with van der Waals surface area (Å²) in [5, 5.41) is 9.89. The molecule has 2 amide bonds. The predicted molar refractivity (Wildman–Crippen MR) is 119 cm³/mol. The van der Waals surface area contributed by atoms with E-state index in [4.69, 9.17) is 10.2 Å². The van der Waals surface area contributed by atoms with Gasteiger partial charge in [0.15, 0.2) is 11.7 Å². The van der Waals surface area contributed by atoms with Crippen LogP contribution in [0.4, 0.5) is 24.0 Å². The van der Waals surface area contributed by atoms with Gasteiger partial charge in [-0.2, -0.15) is 18.3 Å². The first-order chi connectivity index (χ1) is 16.1. The van der Waals surface area contributed by atoms with E-state index in [2.05, 4.69) is 22.7 Å². The Balaban J connectivity index is 1.45. The molecule has 0 saturated heterocycles. The van der Waals surface area contributed by atoms with Crippen LogP contribution in [0, 0.1) is 5.92 Å². The number of hydrogen-bond donors (Lipinski definition) is 3. The molecule has 8 nitrogen and oxygen atoms in total. The van der Waals surface area contributed by atoms with E-state index in [9.17, 15) is 22.8 Å². The molecule has 12 heteroatoms. The molecule has 0 unspecified atom stereocenters. The molecule has 3 atom stereocenters. The van der Waals surface area contributed by atoms with E-state index in [-0.39, 0.29) is 23.5 Å². The van der Waals surface area contributed by atoms with Gasteiger partial charge in [0.25, 0.3) is 11.8 Å². The largest absolute Gasteiger partial charge is 0.467 e. The Labute approximate surface area is 196 Å². The second-order valence-electron chi connectivity index (χ2n) is 8.74. The number of amides is 2. The van der Waals surface area contributed by atoms with E-state index >= 15 is 0 Å². The average Bonchev–Trinajstić information content (AvgIpc) is 3.49. The highest BCUT2D eigenvalue weighted by Gasteiger charge is 2.47. The van der Waals surface area contributed by atoms with E-state index in [1.807, 2.05) is 0 Å². The maximum absolute atomic E-state index is 13.8. The van der Waals surface area contributed by atoms with Crippen molar-refractivity contribution in [3.8, 4) is 0 Å². The maximum atomic E-state index is 13.8. The number of halogens is 3. The quantitative estimate of drug-likeness (QED) is 0.488. The van der Waals surface area contributed by atoms with E-state index in [0.29, 0.717) is 23.1 Å². The summed E-state index contributed by atoms with van der Waals surface area (Å²) in [7, 11) is 0. The Kier molecular flexibility index (Phi) is 5.42. The van der Waals surface area contributed by atoms with E-state index in [1.165, 1.54) is 23.7 Å². The number of aromatic nitrogens is 2. The van der Waals surface area contributed by atoms with Crippen molar-refractivity contribution in [2.75, 3.05) is 10.6 Å². The van der Waals surface area contributed by atoms with Crippen molar-refractivity contribution in [1.29, 1.82) is 0 Å². The summed E-state index contributed by atoms with van der Waals surface area (Å²) < 4.78 is 47.5. The fourth-order valence-electron chi connectivity index (χ4n) is 4.63. The topological polar surface area (TPSA) is 115 Å². The van der Waals surface area contributed by atoms with Gasteiger partial charge in [0.1, 0.15) is 16.6 Å². The molecule has 0 radical (unpaired) electrons. The average molecular weight is 494 g/mol. The minimum atomic E-state index is -4.58. The standard InChI is InChI=1S/C22H22F3N5O3S/c1-10-4-5-11-15(7-10)34-21(18(11)19(26)31)28-20(32)13-9-17-27-12(14-3-2-6-33-14)8-16(22(23,24)25)30(17)29-13/h2-3,6,9-10,12,16,27H,4-5,7-8H2,1H3,(H2,26,31)(H,28,32)/t10-,12+,16+/m1/s1. The molecule has 34 heavy (non-hydrogen) atoms. The van der Waals surface area contributed by atoms with Gasteiger partial charge in [0, 0.05) is 17.4 Å². The second kappa shape index (κ2) is 8.19. The lowest BCUT2D eigenvalue weighted by Gasteiger charge is -2.32. The number of nitrogens with two attached hydrogens (primary N) is 1. The zero-order chi connectivity index (χ0) is 24.2. The summed E-state index contributed by atoms with van der Waals surface area (Å²) in [4.78, 5) is 26.1. The van der Waals surface area contributed by atoms with Gasteiger partial charge in [0.05, 0.1) is 17.9 Å². The number of alkyl halides is 3. The first kappa shape index (κ1) is 22.5. The number of anilines is 2. The normalized spacial score (nSPS) is 21.9. The molecule has 4 heterocycles. The van der Waals surface area contributed by atoms with Gasteiger partial charge in [0.2, 0.25) is 0 Å². The van der Waals surface area contributed by atoms with Crippen LogP contribution in [-0.2, 0) is 12.8 Å². The number of fused-ring (bicyclic) bond motifs is 2. The third-order valence-electron chi connectivity index (χ3n) is 6.29. The third-order valence-corrected chi connectivity index (χ3v) is 7.46. The van der Waals surface area contributed by atoms with Crippen LogP contribution in [0.3, 0.4) is 0 Å². The fraction of sp³-hybridized carbons (Fsp3) is 0.409. The molecule has 3 aromatic heterocycles. The van der Waals surface area contributed by atoms with Crippen molar-refractivity contribution in [2.45, 2.75) is 50.9 Å². The summed E-state index contributed by atoms with van der Waals surface area (Å²) in [6.45, 7) is 2.11. The van der Waals surface area contributed by atoms with Crippen molar-refractivity contribution < 1.29 is 27.2 Å². The lowest BCUT2D eigenvalue weighted by atomic mass is 9.88. The first-order valence-corrected chi connectivity index (χ1v) is 11.7. The van der Waals surface area contributed by atoms with E-state index in [1.54, 1.807) is 12.1 Å². The first-order valence-electron chi connectivity index (χ1n) is 10.8. The number of rotatable bonds is 4. The highest BCUT2D eigenvalue weighted by molar-refractivity contribution is 7.17. The van der Waals surface area contributed by atoms with Gasteiger partial charge >= 0.3 is 6.18 Å². The number of hydrogen-bond acceptors (Lipinski definition) is 6. The monoisotopic (exact) mass is 493 g/mol. The van der Waals surface area contributed by atoms with Gasteiger partial charge in [-0.3, -0.25) is 9.59 Å². The zero-order valence-electron chi connectivity index (χ0n) is 18.1. The van der Waals surface area contributed by atoms with Crippen LogP contribution in [0.2, 0.25) is 0 Å². The van der Waals surface area contributed by atoms with Crippen LogP contribution < -0.4 is 16.4 Å². The minimum Gasteiger partial charge on any atom is -0.467 e. The van der Waals surface area contributed by atoms with Gasteiger partial charge in [-0.15, -0.1) is 11.3 Å². The third kappa shape index (κ3) is 3.95. The molecular formula is C22H22F3N5O3S. The van der Waals surface area contributed by atoms with Crippen molar-refractivity contribution in [2.24, 2.45) is 11.7 Å². The SMILES string of the molecule is C[C@@H]1CCc2c(sc(NC(=O)c3cc4n(n3)[C@H](C(F)(F)F)C[C@@H](c3ccco3)N4)c2C(N)=O)C1. The molecule has 0 aromatic carbocycles. The predicted octanol–water partition coefficient (Wildman–Crippen LogP) is 4.67. The van der Waals surface area contributed by atoms with E-state index in [0.717, 1.165) is 28.0 Å². The van der Waals surface area contributed by atoms with Gasteiger partial charge in [-0.05, 0) is 42.9 Å². The number of nitrogens with zero attached hydrogens (tertiary/aromatic N) is 2. The van der Waals surface area contributed by atoms with Crippen molar-refractivity contribution >= 4 is 34.0 Å². The summed E-state index contributed by atoms with van der Waals surface area (Å²) >= 11 is 1.28. The summed E-state index contributed by atoms with van der Waals surface area (Å²) in [5.41, 5.74) is 6.50. The highest BCUT2D eigenvalue weighted by Crippen LogP contribution is 2.44. The zero-order valence-corrected chi connectivity index (χ0v) is 18.9. The number of primary amides is 1. The Bertz CT molecular complexity index is 1250. The Hall–Kier alpha value is -3.28. The second-order valence-corrected chi connectivity index (χ2v) is 9.84. The number of thiophene rings is 1. The van der Waals surface area contributed by atoms with Gasteiger partial charge < -0.3 is 20.8 Å². The van der Waals surface area contributed by atoms with Crippen molar-refractivity contribution in [3.05, 3.63) is 51.9 Å². The molecule has 5 rings (SSSR count). The Morgan fingerprint density at radius 3 is 2.85 bits per heavy atom. The minimum absolute atomic E-state index is 0.0505. The molecule has 2 aliphatic rings. The van der Waals surface area contributed by atoms with Crippen LogP contribution in [-0.4, -0.2) is 27.8 Å². The lowest BCUT2D eigenvalue weighted by Crippen LogP contribution is -2.35. The smallest absolute Gasteiger partial charge is 0.410 e. The van der Waals surface area contributed by atoms with Crippen LogP contribution in [0.5, 0.6) is 0 Å². The molecule has 1 aliphatic heterocycles. The molecule has 0 saturated carbocycles. The molecule has 0 fully saturated rings. The molecule has 3 aromatic rings. The molecule has 4 N–H and O–H groups in total. The van der Waals surface area contributed by atoms with Crippen LogP contribution >= 0.6 is 11.3 Å². The molecule has 0 bridgehead atoms. The summed E-state index contributed by atoms with van der Waals surface area (Å²) in [5.74, 6) is -0.505. The van der Waals surface area contributed by atoms with Crippen LogP contribution in [0.1, 0.15) is 68.9 Å². The van der Waals surface area contributed by atoms with Gasteiger partial charge in [-0.25, -0.2) is 4.68 Å². The van der Waals surface area contributed by atoms with Crippen molar-refractivity contribution in [3.63, 3.8) is 0 Å². The summed E-state index contributed by atoms with van der Waals surface area (Å²) in [6.07, 6.45) is -1.15. The van der Waals surface area contributed by atoms with Crippen LogP contribution in [0.15, 0.2) is 28.9 Å².